The van der Waals surface area contributed by atoms with Gasteiger partial charge in [0, 0.05) is 19.0 Å². The van der Waals surface area contributed by atoms with E-state index in [2.05, 4.69) is 10.6 Å². The van der Waals surface area contributed by atoms with Gasteiger partial charge in [-0.25, -0.2) is 22.0 Å². The van der Waals surface area contributed by atoms with Crippen LogP contribution in [0.5, 0.6) is 11.8 Å². The van der Waals surface area contributed by atoms with Crippen LogP contribution in [-0.4, -0.2) is 101 Å². The first-order valence-electron chi connectivity index (χ1n) is 20.9. The van der Waals surface area contributed by atoms with Gasteiger partial charge in [-0.3, -0.25) is 28.5 Å². The number of halogens is 2. The first-order chi connectivity index (χ1) is 28.2. The maximum Gasteiger partial charge on any atom is 0.408 e. The van der Waals surface area contributed by atoms with Crippen molar-refractivity contribution in [3.8, 4) is 11.8 Å². The fraction of sp³-hybridized carbons (Fsp3) is 0.707. The van der Waals surface area contributed by atoms with E-state index in [0.717, 1.165) is 32.1 Å². The minimum absolute atomic E-state index is 0.0549. The highest BCUT2D eigenvalue weighted by Gasteiger charge is 2.67. The monoisotopic (exact) mass is 860 g/mol. The van der Waals surface area contributed by atoms with Gasteiger partial charge in [0.1, 0.15) is 35.6 Å². The van der Waals surface area contributed by atoms with Crippen LogP contribution in [0.4, 0.5) is 13.6 Å². The average Bonchev–Trinajstić information content (AvgIpc) is 4.14. The summed E-state index contributed by atoms with van der Waals surface area (Å²) in [5.74, 6) is -3.13. The minimum Gasteiger partial charge on any atom is -0.497 e. The molecule has 4 aliphatic carbocycles. The Labute approximate surface area is 346 Å². The standard InChI is InChI=1S/C41H54F2N6O10S/c1-39(2,3)31-35(52)49-20-23(18-29(49)33(50)46-41(19-27(41)32(42)43)36(53)47-60(55,56)40(4)12-13-40)58-37-44-28-17-22(57-5)10-11-25(28)34(51)48(37)14-8-6-7-9-24-26-15-21(26)16-30(24)59-38(54)45-31/h10-11,17,21,23-24,26-27,29-32H,6-9,12-16,18-20H2,1-5H3,(H,45,54)(H,46,50)(H,47,53)/t21?,23-,24-,26+,27+,29+,30-,31-,41-/m1/s1. The van der Waals surface area contributed by atoms with Crippen molar-refractivity contribution >= 4 is 44.7 Å². The number of alkyl halides is 2. The van der Waals surface area contributed by atoms with Crippen LogP contribution in [0, 0.1) is 29.1 Å². The summed E-state index contributed by atoms with van der Waals surface area (Å²) >= 11 is 0. The molecule has 5 fully saturated rings. The lowest BCUT2D eigenvalue weighted by atomic mass is 9.85. The maximum atomic E-state index is 14.8. The number of benzene rings is 1. The molecule has 328 valence electrons. The fourth-order valence-electron chi connectivity index (χ4n) is 9.54. The molecule has 2 bridgehead atoms. The van der Waals surface area contributed by atoms with E-state index in [0.29, 0.717) is 34.9 Å². The molecule has 6 aliphatic rings. The van der Waals surface area contributed by atoms with Crippen LogP contribution in [0.15, 0.2) is 23.0 Å². The van der Waals surface area contributed by atoms with Crippen LogP contribution in [0.3, 0.4) is 0 Å². The number of sulfonamides is 1. The molecule has 0 radical (unpaired) electrons. The summed E-state index contributed by atoms with van der Waals surface area (Å²) in [7, 11) is -2.78. The van der Waals surface area contributed by atoms with Gasteiger partial charge in [0.05, 0.1) is 35.2 Å². The molecule has 3 heterocycles. The van der Waals surface area contributed by atoms with Crippen LogP contribution in [0.2, 0.25) is 0 Å². The van der Waals surface area contributed by atoms with Crippen LogP contribution in [-0.2, 0) is 35.7 Å². The molecule has 1 aromatic carbocycles. The van der Waals surface area contributed by atoms with Crippen molar-refractivity contribution in [3.63, 3.8) is 0 Å². The molecule has 1 saturated heterocycles. The third-order valence-electron chi connectivity index (χ3n) is 13.7. The second kappa shape index (κ2) is 15.1. The third-order valence-corrected chi connectivity index (χ3v) is 15.9. The van der Waals surface area contributed by atoms with Crippen molar-refractivity contribution in [3.05, 3.63) is 28.6 Å². The van der Waals surface area contributed by atoms with Gasteiger partial charge in [-0.1, -0.05) is 33.6 Å². The van der Waals surface area contributed by atoms with Crippen LogP contribution < -0.4 is 30.4 Å². The van der Waals surface area contributed by atoms with Crippen LogP contribution in [0.1, 0.15) is 91.9 Å². The van der Waals surface area contributed by atoms with Gasteiger partial charge in [-0.2, -0.15) is 4.98 Å². The molecule has 4 saturated carbocycles. The lowest BCUT2D eigenvalue weighted by Crippen LogP contribution is -2.60. The van der Waals surface area contributed by atoms with Gasteiger partial charge in [0.2, 0.25) is 28.3 Å². The zero-order valence-electron chi connectivity index (χ0n) is 34.5. The second-order valence-corrected chi connectivity index (χ2v) is 21.2. The number of fused-ring (bicyclic) bond motifs is 7. The van der Waals surface area contributed by atoms with Gasteiger partial charge in [-0.05, 0) is 87.2 Å². The molecular weight excluding hydrogens is 807 g/mol. The Morgan fingerprint density at radius 2 is 1.80 bits per heavy atom. The van der Waals surface area contributed by atoms with Gasteiger partial charge >= 0.3 is 6.09 Å². The summed E-state index contributed by atoms with van der Waals surface area (Å²) in [5, 5.41) is 5.54. The summed E-state index contributed by atoms with van der Waals surface area (Å²) in [6.07, 6.45) is -0.536. The number of nitrogens with one attached hydrogen (secondary N) is 3. The maximum absolute atomic E-state index is 14.8. The van der Waals surface area contributed by atoms with E-state index in [1.165, 1.54) is 23.5 Å². The molecule has 9 atom stereocenters. The number of hydrogen-bond donors (Lipinski definition) is 3. The van der Waals surface area contributed by atoms with Crippen LogP contribution in [0.25, 0.3) is 10.9 Å². The number of aromatic nitrogens is 2. The first kappa shape index (κ1) is 42.2. The number of nitrogens with zero attached hydrogens (tertiary/aromatic N) is 3. The van der Waals surface area contributed by atoms with Crippen molar-refractivity contribution in [1.29, 1.82) is 0 Å². The number of carbonyl (C=O) groups excluding carboxylic acids is 4. The first-order valence-corrected chi connectivity index (χ1v) is 22.4. The van der Waals surface area contributed by atoms with E-state index in [1.54, 1.807) is 39.0 Å². The molecule has 3 N–H and O–H groups in total. The highest BCUT2D eigenvalue weighted by molar-refractivity contribution is 7.91. The van der Waals surface area contributed by atoms with Crippen molar-refractivity contribution in [2.45, 2.75) is 139 Å². The van der Waals surface area contributed by atoms with Crippen molar-refractivity contribution in [1.82, 2.24) is 29.8 Å². The van der Waals surface area contributed by atoms with Crippen molar-refractivity contribution in [2.24, 2.45) is 29.1 Å². The number of rotatable bonds is 7. The lowest BCUT2D eigenvalue weighted by Gasteiger charge is -2.36. The zero-order chi connectivity index (χ0) is 43.1. The Morgan fingerprint density at radius 1 is 1.05 bits per heavy atom. The number of ether oxygens (including phenoxy) is 3. The summed E-state index contributed by atoms with van der Waals surface area (Å²) < 4.78 is 74.7. The number of amides is 4. The number of carbonyl (C=O) groups is 4. The molecule has 2 aromatic rings. The summed E-state index contributed by atoms with van der Waals surface area (Å²) in [6, 6.07) is 2.14. The van der Waals surface area contributed by atoms with Gasteiger partial charge in [0.25, 0.3) is 17.5 Å². The summed E-state index contributed by atoms with van der Waals surface area (Å²) in [5.41, 5.74) is -3.27. The summed E-state index contributed by atoms with van der Waals surface area (Å²) in [6.45, 7) is 6.63. The Kier molecular flexibility index (Phi) is 10.6. The fourth-order valence-corrected chi connectivity index (χ4v) is 10.8. The third kappa shape index (κ3) is 7.78. The summed E-state index contributed by atoms with van der Waals surface area (Å²) in [4.78, 5) is 76.4. The van der Waals surface area contributed by atoms with Crippen molar-refractivity contribution in [2.75, 3.05) is 13.7 Å². The topological polar surface area (TPSA) is 204 Å². The highest BCUT2D eigenvalue weighted by atomic mass is 32.2. The second-order valence-electron chi connectivity index (χ2n) is 19.0. The Bertz CT molecular complexity index is 2260. The SMILES string of the molecule is COc1ccc2c(=O)n3c(nc2c1)O[C@@H]1C[C@@H](C(=O)N[C@]2(C(=O)NS(=O)(=O)C4(C)CC4)C[C@H]2C(F)F)N(C1)C(=O)[C@H](C(C)(C)C)NC(=O)O[C@@H]1CC2C[C@@H]2[C@H]1CCCCC3. The van der Waals surface area contributed by atoms with E-state index in [4.69, 9.17) is 19.2 Å². The molecule has 2 aliphatic heterocycles. The van der Waals surface area contributed by atoms with E-state index in [9.17, 15) is 41.2 Å². The molecule has 16 nitrogen and oxygen atoms in total. The van der Waals surface area contributed by atoms with Crippen LogP contribution >= 0.6 is 0 Å². The largest absolute Gasteiger partial charge is 0.497 e. The molecule has 60 heavy (non-hydrogen) atoms. The normalized spacial score (nSPS) is 32.6. The Hall–Kier alpha value is -4.55. The average molecular weight is 861 g/mol. The predicted molar refractivity (Wildman–Crippen MR) is 212 cm³/mol. The van der Waals surface area contributed by atoms with E-state index >= 15 is 0 Å². The Morgan fingerprint density at radius 3 is 2.47 bits per heavy atom. The number of methoxy groups -OCH3 is 1. The molecular formula is C41H54F2N6O10S. The lowest BCUT2D eigenvalue weighted by molar-refractivity contribution is -0.143. The van der Waals surface area contributed by atoms with E-state index in [-0.39, 0.29) is 55.9 Å². The van der Waals surface area contributed by atoms with Gasteiger partial charge < -0.3 is 29.7 Å². The zero-order valence-corrected chi connectivity index (χ0v) is 35.3. The molecule has 19 heteroatoms. The van der Waals surface area contributed by atoms with E-state index in [1.807, 2.05) is 4.72 Å². The smallest absolute Gasteiger partial charge is 0.408 e. The number of hydrogen-bond acceptors (Lipinski definition) is 11. The molecule has 1 aromatic heterocycles. The molecule has 0 spiro atoms. The van der Waals surface area contributed by atoms with Gasteiger partial charge in [-0.15, -0.1) is 0 Å². The quantitative estimate of drug-likeness (QED) is 0.367. The highest BCUT2D eigenvalue weighted by Crippen LogP contribution is 2.58. The van der Waals surface area contributed by atoms with E-state index < -0.39 is 86.5 Å². The Balaban J connectivity index is 1.15. The molecule has 4 amide bonds. The number of alkyl carbamates (subject to hydrolysis) is 1. The predicted octanol–water partition coefficient (Wildman–Crippen LogP) is 3.63. The van der Waals surface area contributed by atoms with Crippen molar-refractivity contribution < 1.29 is 50.6 Å². The molecule has 8 rings (SSSR count). The minimum atomic E-state index is -4.26. The van der Waals surface area contributed by atoms with Gasteiger partial charge in [0.15, 0.2) is 0 Å². The molecule has 1 unspecified atom stereocenters.